The molecule has 0 heterocycles. The molecule has 1 rings (SSSR count). The fourth-order valence-corrected chi connectivity index (χ4v) is 1.40. The fourth-order valence-electron chi connectivity index (χ4n) is 1.40. The van der Waals surface area contributed by atoms with Crippen LogP contribution in [0, 0.1) is 0 Å². The van der Waals surface area contributed by atoms with Crippen LogP contribution in [0.4, 0.5) is 11.4 Å². The minimum atomic E-state index is 0.774. The summed E-state index contributed by atoms with van der Waals surface area (Å²) in [6.07, 6.45) is 1.65. The molecular formula is C11H15N2O. The van der Waals surface area contributed by atoms with Crippen LogP contribution in [0.3, 0.4) is 0 Å². The molecule has 1 N–H and O–H groups in total. The highest BCUT2D eigenvalue weighted by molar-refractivity contribution is 5.72. The summed E-state index contributed by atoms with van der Waals surface area (Å²) in [5.41, 5.74) is 1.95. The molecule has 0 bridgehead atoms. The van der Waals surface area contributed by atoms with Gasteiger partial charge in [0.05, 0.1) is 0 Å². The summed E-state index contributed by atoms with van der Waals surface area (Å²) in [6.45, 7) is 6.22. The van der Waals surface area contributed by atoms with Crippen molar-refractivity contribution >= 4 is 17.8 Å². The van der Waals surface area contributed by atoms with Crippen molar-refractivity contribution in [3.8, 4) is 0 Å². The molecule has 75 valence electrons. The highest BCUT2D eigenvalue weighted by atomic mass is 16.1. The number of rotatable bonds is 5. The normalized spacial score (nSPS) is 9.57. The van der Waals surface area contributed by atoms with Crippen LogP contribution in [0.25, 0.3) is 0 Å². The summed E-state index contributed by atoms with van der Waals surface area (Å²) in [7, 11) is 0. The van der Waals surface area contributed by atoms with Crippen molar-refractivity contribution in [2.24, 2.45) is 0 Å². The first kappa shape index (κ1) is 10.6. The molecule has 0 spiro atoms. The lowest BCUT2D eigenvalue weighted by atomic mass is 10.2. The molecule has 0 aliphatic carbocycles. The minimum Gasteiger partial charge on any atom is -0.372 e. The van der Waals surface area contributed by atoms with Crippen molar-refractivity contribution in [1.82, 2.24) is 0 Å². The minimum absolute atomic E-state index is 0.774. The summed E-state index contributed by atoms with van der Waals surface area (Å²) < 4.78 is 0. The van der Waals surface area contributed by atoms with Gasteiger partial charge in [-0.15, -0.1) is 0 Å². The Labute approximate surface area is 84.7 Å². The van der Waals surface area contributed by atoms with Gasteiger partial charge in [0.25, 0.3) is 0 Å². The standard InChI is InChI=1S/C11H15N2O/c1-3-13(4-2)11-7-5-10(6-8-11)12-9-14/h5-8H,3-4H2,1-2H3,(H,12,14). The SMILES string of the molecule is CCN(CC)c1ccc(N[C]=O)cc1. The van der Waals surface area contributed by atoms with E-state index in [1.807, 2.05) is 24.3 Å². The summed E-state index contributed by atoms with van der Waals surface area (Å²) in [6, 6.07) is 7.73. The predicted molar refractivity (Wildman–Crippen MR) is 59.3 cm³/mol. The Morgan fingerprint density at radius 3 is 2.21 bits per heavy atom. The third-order valence-electron chi connectivity index (χ3n) is 2.19. The van der Waals surface area contributed by atoms with E-state index in [0.29, 0.717) is 0 Å². The van der Waals surface area contributed by atoms with Gasteiger partial charge in [-0.05, 0) is 38.1 Å². The predicted octanol–water partition coefficient (Wildman–Crippen LogP) is 2.01. The summed E-state index contributed by atoms with van der Waals surface area (Å²) >= 11 is 0. The monoisotopic (exact) mass is 191 g/mol. The third-order valence-corrected chi connectivity index (χ3v) is 2.19. The molecule has 0 atom stereocenters. The maximum absolute atomic E-state index is 10.1. The molecule has 1 aromatic carbocycles. The zero-order valence-corrected chi connectivity index (χ0v) is 8.58. The number of amides is 1. The van der Waals surface area contributed by atoms with Crippen LogP contribution in [-0.2, 0) is 4.79 Å². The van der Waals surface area contributed by atoms with Gasteiger partial charge in [0.1, 0.15) is 0 Å². The molecule has 0 aliphatic heterocycles. The summed E-state index contributed by atoms with van der Waals surface area (Å²) in [4.78, 5) is 12.3. The Morgan fingerprint density at radius 2 is 1.79 bits per heavy atom. The van der Waals surface area contributed by atoms with Gasteiger partial charge < -0.3 is 10.2 Å². The summed E-state index contributed by atoms with van der Waals surface area (Å²) in [5.74, 6) is 0. The largest absolute Gasteiger partial charge is 0.372 e. The van der Waals surface area contributed by atoms with Crippen molar-refractivity contribution in [2.75, 3.05) is 23.3 Å². The first-order chi connectivity index (χ1) is 6.81. The highest BCUT2D eigenvalue weighted by Gasteiger charge is 2.00. The molecule has 14 heavy (non-hydrogen) atoms. The van der Waals surface area contributed by atoms with Gasteiger partial charge in [-0.1, -0.05) is 0 Å². The Hall–Kier alpha value is -1.51. The van der Waals surface area contributed by atoms with Gasteiger partial charge in [-0.2, -0.15) is 0 Å². The van der Waals surface area contributed by atoms with Crippen LogP contribution in [0.15, 0.2) is 24.3 Å². The first-order valence-electron chi connectivity index (χ1n) is 4.80. The Kier molecular flexibility index (Phi) is 3.98. The topological polar surface area (TPSA) is 32.3 Å². The van der Waals surface area contributed by atoms with E-state index in [4.69, 9.17) is 0 Å². The molecule has 0 aliphatic rings. The molecular weight excluding hydrogens is 176 g/mol. The van der Waals surface area contributed by atoms with E-state index in [0.717, 1.165) is 18.8 Å². The van der Waals surface area contributed by atoms with Gasteiger partial charge >= 0.3 is 6.41 Å². The number of carbonyl (C=O) groups excluding carboxylic acids is 1. The van der Waals surface area contributed by atoms with Crippen LogP contribution >= 0.6 is 0 Å². The van der Waals surface area contributed by atoms with E-state index in [1.54, 1.807) is 6.41 Å². The zero-order chi connectivity index (χ0) is 10.4. The van der Waals surface area contributed by atoms with Gasteiger partial charge in [0.15, 0.2) is 0 Å². The maximum atomic E-state index is 10.1. The first-order valence-corrected chi connectivity index (χ1v) is 4.80. The molecule has 1 aromatic rings. The molecule has 0 unspecified atom stereocenters. The Balaban J connectivity index is 2.76. The average molecular weight is 191 g/mol. The van der Waals surface area contributed by atoms with Gasteiger partial charge in [-0.25, -0.2) is 0 Å². The van der Waals surface area contributed by atoms with Gasteiger partial charge in [0, 0.05) is 24.5 Å². The molecule has 3 heteroatoms. The smallest absolute Gasteiger partial charge is 0.314 e. The van der Waals surface area contributed by atoms with E-state index in [2.05, 4.69) is 24.1 Å². The lowest BCUT2D eigenvalue weighted by molar-refractivity contribution is 0.561. The van der Waals surface area contributed by atoms with Crippen LogP contribution in [0.2, 0.25) is 0 Å². The van der Waals surface area contributed by atoms with Crippen LogP contribution in [0.1, 0.15) is 13.8 Å². The maximum Gasteiger partial charge on any atom is 0.314 e. The Morgan fingerprint density at radius 1 is 1.21 bits per heavy atom. The lowest BCUT2D eigenvalue weighted by Gasteiger charge is -2.20. The molecule has 1 amide bonds. The Bertz CT molecular complexity index is 278. The van der Waals surface area contributed by atoms with Crippen LogP contribution < -0.4 is 10.2 Å². The van der Waals surface area contributed by atoms with Crippen molar-refractivity contribution in [2.45, 2.75) is 13.8 Å². The number of anilines is 2. The highest BCUT2D eigenvalue weighted by Crippen LogP contribution is 2.16. The zero-order valence-electron chi connectivity index (χ0n) is 8.58. The molecule has 3 nitrogen and oxygen atoms in total. The van der Waals surface area contributed by atoms with E-state index in [1.165, 1.54) is 5.69 Å². The molecule has 0 aromatic heterocycles. The average Bonchev–Trinajstić information content (AvgIpc) is 2.23. The molecule has 0 saturated heterocycles. The number of hydrogen-bond acceptors (Lipinski definition) is 2. The van der Waals surface area contributed by atoms with Crippen molar-refractivity contribution < 1.29 is 4.79 Å². The van der Waals surface area contributed by atoms with Gasteiger partial charge in [0.2, 0.25) is 0 Å². The number of benzene rings is 1. The summed E-state index contributed by atoms with van der Waals surface area (Å²) in [5, 5.41) is 2.49. The van der Waals surface area contributed by atoms with Crippen LogP contribution in [0.5, 0.6) is 0 Å². The fraction of sp³-hybridized carbons (Fsp3) is 0.364. The van der Waals surface area contributed by atoms with Gasteiger partial charge in [-0.3, -0.25) is 4.79 Å². The molecule has 0 saturated carbocycles. The third kappa shape index (κ3) is 2.49. The number of nitrogens with one attached hydrogen (secondary N) is 1. The molecule has 1 radical (unpaired) electrons. The number of hydrogen-bond donors (Lipinski definition) is 1. The number of nitrogens with zero attached hydrogens (tertiary/aromatic N) is 1. The van der Waals surface area contributed by atoms with E-state index in [9.17, 15) is 4.79 Å². The lowest BCUT2D eigenvalue weighted by Crippen LogP contribution is -2.21. The second kappa shape index (κ2) is 5.27. The van der Waals surface area contributed by atoms with Crippen molar-refractivity contribution in [3.05, 3.63) is 24.3 Å². The second-order valence-corrected chi connectivity index (χ2v) is 2.95. The van der Waals surface area contributed by atoms with Crippen molar-refractivity contribution in [1.29, 1.82) is 0 Å². The van der Waals surface area contributed by atoms with Crippen LogP contribution in [-0.4, -0.2) is 19.5 Å². The van der Waals surface area contributed by atoms with E-state index in [-0.39, 0.29) is 0 Å². The van der Waals surface area contributed by atoms with E-state index >= 15 is 0 Å². The van der Waals surface area contributed by atoms with E-state index < -0.39 is 0 Å². The van der Waals surface area contributed by atoms with Crippen molar-refractivity contribution in [3.63, 3.8) is 0 Å². The quantitative estimate of drug-likeness (QED) is 0.722. The molecule has 0 fully saturated rings. The second-order valence-electron chi connectivity index (χ2n) is 2.95.